The Bertz CT molecular complexity index is 988. The third-order valence-electron chi connectivity index (χ3n) is 4.44. The van der Waals surface area contributed by atoms with Gasteiger partial charge in [0.25, 0.3) is 5.91 Å². The molecule has 0 spiro atoms. The average Bonchev–Trinajstić information content (AvgIpc) is 3.38. The van der Waals surface area contributed by atoms with Gasteiger partial charge in [-0.15, -0.1) is 0 Å². The maximum Gasteiger partial charge on any atom is 0.252 e. The minimum atomic E-state index is -3.63. The van der Waals surface area contributed by atoms with Gasteiger partial charge in [0.1, 0.15) is 0 Å². The SMILES string of the molecule is Cc1ccc(S(=O)(=O)NC2CC2)cc1C(=O)NC(C)c1ccc(Cl)cc1Cl. The normalized spacial score (nSPS) is 15.4. The predicted octanol–water partition coefficient (Wildman–Crippen LogP) is 4.23. The molecule has 0 bridgehead atoms. The van der Waals surface area contributed by atoms with Crippen LogP contribution in [-0.2, 0) is 10.0 Å². The summed E-state index contributed by atoms with van der Waals surface area (Å²) in [4.78, 5) is 12.8. The molecule has 0 radical (unpaired) electrons. The van der Waals surface area contributed by atoms with E-state index in [1.165, 1.54) is 12.1 Å². The molecule has 1 aliphatic rings. The second kappa shape index (κ2) is 7.80. The van der Waals surface area contributed by atoms with Gasteiger partial charge in [-0.05, 0) is 62.1 Å². The van der Waals surface area contributed by atoms with Crippen LogP contribution in [0.15, 0.2) is 41.3 Å². The summed E-state index contributed by atoms with van der Waals surface area (Å²) in [6.45, 7) is 3.57. The number of rotatable bonds is 6. The highest BCUT2D eigenvalue weighted by Gasteiger charge is 2.28. The molecule has 1 amide bonds. The van der Waals surface area contributed by atoms with Crippen LogP contribution in [0, 0.1) is 6.92 Å². The van der Waals surface area contributed by atoms with Gasteiger partial charge in [0, 0.05) is 21.7 Å². The number of benzene rings is 2. The van der Waals surface area contributed by atoms with Crippen LogP contribution >= 0.6 is 23.2 Å². The molecular formula is C19H20Cl2N2O3S. The molecule has 8 heteroatoms. The van der Waals surface area contributed by atoms with Crippen molar-refractivity contribution < 1.29 is 13.2 Å². The minimum absolute atomic E-state index is 0.000600. The van der Waals surface area contributed by atoms with Crippen LogP contribution in [0.2, 0.25) is 10.0 Å². The zero-order chi connectivity index (χ0) is 19.8. The zero-order valence-electron chi connectivity index (χ0n) is 14.9. The molecule has 1 fully saturated rings. The number of nitrogens with one attached hydrogen (secondary N) is 2. The first kappa shape index (κ1) is 20.1. The molecule has 27 heavy (non-hydrogen) atoms. The Labute approximate surface area is 169 Å². The van der Waals surface area contributed by atoms with Gasteiger partial charge in [-0.25, -0.2) is 13.1 Å². The number of aryl methyl sites for hydroxylation is 1. The maximum atomic E-state index is 12.7. The standard InChI is InChI=1S/C19H20Cl2N2O3S/c1-11-3-7-15(27(25,26)23-14-5-6-14)10-17(11)19(24)22-12(2)16-8-4-13(20)9-18(16)21/h3-4,7-10,12,14,23H,5-6H2,1-2H3,(H,22,24). The Morgan fingerprint density at radius 2 is 1.85 bits per heavy atom. The summed E-state index contributed by atoms with van der Waals surface area (Å²) in [6.07, 6.45) is 1.69. The second-order valence-corrected chi connectivity index (χ2v) is 9.29. The van der Waals surface area contributed by atoms with E-state index >= 15 is 0 Å². The molecule has 0 saturated heterocycles. The van der Waals surface area contributed by atoms with E-state index in [-0.39, 0.29) is 22.9 Å². The number of hydrogen-bond acceptors (Lipinski definition) is 3. The van der Waals surface area contributed by atoms with Crippen LogP contribution < -0.4 is 10.0 Å². The second-order valence-electron chi connectivity index (χ2n) is 6.73. The van der Waals surface area contributed by atoms with Crippen molar-refractivity contribution in [3.8, 4) is 0 Å². The highest BCUT2D eigenvalue weighted by atomic mass is 35.5. The fraction of sp³-hybridized carbons (Fsp3) is 0.316. The molecule has 1 aliphatic carbocycles. The molecule has 144 valence electrons. The van der Waals surface area contributed by atoms with Crippen LogP contribution in [-0.4, -0.2) is 20.4 Å². The molecule has 2 aromatic rings. The van der Waals surface area contributed by atoms with Crippen LogP contribution in [0.1, 0.15) is 47.3 Å². The molecule has 0 heterocycles. The predicted molar refractivity (Wildman–Crippen MR) is 107 cm³/mol. The first-order valence-corrected chi connectivity index (χ1v) is 10.8. The topological polar surface area (TPSA) is 75.3 Å². The Hall–Kier alpha value is -1.60. The fourth-order valence-electron chi connectivity index (χ4n) is 2.71. The first-order chi connectivity index (χ1) is 12.7. The van der Waals surface area contributed by atoms with Gasteiger partial charge < -0.3 is 5.32 Å². The summed E-state index contributed by atoms with van der Waals surface area (Å²) in [5.41, 5.74) is 1.73. The smallest absolute Gasteiger partial charge is 0.252 e. The van der Waals surface area contributed by atoms with E-state index in [0.29, 0.717) is 21.2 Å². The van der Waals surface area contributed by atoms with E-state index in [9.17, 15) is 13.2 Å². The van der Waals surface area contributed by atoms with Gasteiger partial charge in [-0.1, -0.05) is 35.3 Å². The molecular weight excluding hydrogens is 407 g/mol. The number of carbonyl (C=O) groups is 1. The van der Waals surface area contributed by atoms with Gasteiger partial charge in [-0.3, -0.25) is 4.79 Å². The van der Waals surface area contributed by atoms with Crippen molar-refractivity contribution in [3.63, 3.8) is 0 Å². The molecule has 3 rings (SSSR count). The monoisotopic (exact) mass is 426 g/mol. The van der Waals surface area contributed by atoms with Crippen molar-refractivity contribution >= 4 is 39.1 Å². The lowest BCUT2D eigenvalue weighted by Crippen LogP contribution is -2.29. The number of halogens is 2. The summed E-state index contributed by atoms with van der Waals surface area (Å²) in [5, 5.41) is 3.83. The fourth-order valence-corrected chi connectivity index (χ4v) is 4.61. The van der Waals surface area contributed by atoms with E-state index in [1.54, 1.807) is 38.1 Å². The Morgan fingerprint density at radius 1 is 1.15 bits per heavy atom. The summed E-state index contributed by atoms with van der Waals surface area (Å²) >= 11 is 12.1. The highest BCUT2D eigenvalue weighted by Crippen LogP contribution is 2.27. The lowest BCUT2D eigenvalue weighted by molar-refractivity contribution is 0.0939. The van der Waals surface area contributed by atoms with Crippen LogP contribution in [0.4, 0.5) is 0 Å². The summed E-state index contributed by atoms with van der Waals surface area (Å²) in [5.74, 6) is -0.366. The van der Waals surface area contributed by atoms with Gasteiger partial charge in [0.2, 0.25) is 10.0 Å². The van der Waals surface area contributed by atoms with Crippen molar-refractivity contribution in [1.29, 1.82) is 0 Å². The average molecular weight is 427 g/mol. The van der Waals surface area contributed by atoms with Gasteiger partial charge in [0.05, 0.1) is 10.9 Å². The number of amides is 1. The van der Waals surface area contributed by atoms with Crippen molar-refractivity contribution in [2.45, 2.75) is 43.7 Å². The highest BCUT2D eigenvalue weighted by molar-refractivity contribution is 7.89. The van der Waals surface area contributed by atoms with Gasteiger partial charge in [0.15, 0.2) is 0 Å². The van der Waals surface area contributed by atoms with Crippen molar-refractivity contribution in [3.05, 3.63) is 63.1 Å². The maximum absolute atomic E-state index is 12.7. The Morgan fingerprint density at radius 3 is 2.48 bits per heavy atom. The van der Waals surface area contributed by atoms with E-state index < -0.39 is 10.0 Å². The van der Waals surface area contributed by atoms with E-state index in [0.717, 1.165) is 18.4 Å². The molecule has 5 nitrogen and oxygen atoms in total. The van der Waals surface area contributed by atoms with Crippen molar-refractivity contribution in [1.82, 2.24) is 10.0 Å². The third kappa shape index (κ3) is 4.82. The molecule has 1 atom stereocenters. The molecule has 1 saturated carbocycles. The van der Waals surface area contributed by atoms with E-state index in [1.807, 2.05) is 0 Å². The van der Waals surface area contributed by atoms with Gasteiger partial charge in [-0.2, -0.15) is 0 Å². The zero-order valence-corrected chi connectivity index (χ0v) is 17.3. The minimum Gasteiger partial charge on any atom is -0.345 e. The van der Waals surface area contributed by atoms with Crippen LogP contribution in [0.5, 0.6) is 0 Å². The molecule has 1 unspecified atom stereocenters. The van der Waals surface area contributed by atoms with Crippen molar-refractivity contribution in [2.24, 2.45) is 0 Å². The lowest BCUT2D eigenvalue weighted by atomic mass is 10.1. The molecule has 2 N–H and O–H groups in total. The number of hydrogen-bond donors (Lipinski definition) is 2. The summed E-state index contributed by atoms with van der Waals surface area (Å²) in [7, 11) is -3.63. The lowest BCUT2D eigenvalue weighted by Gasteiger charge is -2.17. The Kier molecular flexibility index (Phi) is 5.82. The molecule has 0 aliphatic heterocycles. The quantitative estimate of drug-likeness (QED) is 0.725. The van der Waals surface area contributed by atoms with E-state index in [4.69, 9.17) is 23.2 Å². The number of sulfonamides is 1. The number of carbonyl (C=O) groups excluding carboxylic acids is 1. The van der Waals surface area contributed by atoms with Crippen molar-refractivity contribution in [2.75, 3.05) is 0 Å². The molecule has 2 aromatic carbocycles. The van der Waals surface area contributed by atoms with Gasteiger partial charge >= 0.3 is 0 Å². The third-order valence-corrected chi connectivity index (χ3v) is 6.52. The summed E-state index contributed by atoms with van der Waals surface area (Å²) in [6, 6.07) is 9.25. The Balaban J connectivity index is 1.82. The first-order valence-electron chi connectivity index (χ1n) is 8.56. The summed E-state index contributed by atoms with van der Waals surface area (Å²) < 4.78 is 27.5. The largest absolute Gasteiger partial charge is 0.345 e. The van der Waals surface area contributed by atoms with Crippen LogP contribution in [0.3, 0.4) is 0 Å². The van der Waals surface area contributed by atoms with E-state index in [2.05, 4.69) is 10.0 Å². The molecule has 0 aromatic heterocycles. The van der Waals surface area contributed by atoms with Crippen LogP contribution in [0.25, 0.3) is 0 Å².